The van der Waals surface area contributed by atoms with Gasteiger partial charge in [0.05, 0.1) is 10.7 Å². The average molecular weight is 515 g/mol. The lowest BCUT2D eigenvalue weighted by Gasteiger charge is -2.08. The Hall–Kier alpha value is -0.110. The van der Waals surface area contributed by atoms with Crippen molar-refractivity contribution in [2.45, 2.75) is 0 Å². The lowest BCUT2D eigenvalue weighted by atomic mass is 10.2. The van der Waals surface area contributed by atoms with Gasteiger partial charge in [0.1, 0.15) is 0 Å². The van der Waals surface area contributed by atoms with E-state index in [0.717, 1.165) is 12.5 Å². The molecular formula is C13H7Br2ClINO. The van der Waals surface area contributed by atoms with Gasteiger partial charge in [-0.1, -0.05) is 43.5 Å². The fourth-order valence-corrected chi connectivity index (χ4v) is 3.67. The number of halogens is 4. The van der Waals surface area contributed by atoms with Gasteiger partial charge in [-0.2, -0.15) is 0 Å². The molecule has 2 aromatic rings. The van der Waals surface area contributed by atoms with Crippen molar-refractivity contribution in [2.75, 3.05) is 5.32 Å². The van der Waals surface area contributed by atoms with Crippen LogP contribution in [0.25, 0.3) is 0 Å². The normalized spacial score (nSPS) is 10.3. The fraction of sp³-hybridized carbons (Fsp3) is 0. The van der Waals surface area contributed by atoms with Crippen molar-refractivity contribution in [1.82, 2.24) is 0 Å². The minimum absolute atomic E-state index is 0.204. The van der Waals surface area contributed by atoms with Crippen LogP contribution < -0.4 is 5.32 Å². The Morgan fingerprint density at radius 2 is 1.74 bits per heavy atom. The first-order valence-electron chi connectivity index (χ1n) is 5.18. The van der Waals surface area contributed by atoms with Crippen LogP contribution in [0.2, 0.25) is 5.02 Å². The third-order valence-electron chi connectivity index (χ3n) is 2.30. The molecule has 19 heavy (non-hydrogen) atoms. The van der Waals surface area contributed by atoms with Crippen molar-refractivity contribution in [2.24, 2.45) is 0 Å². The zero-order valence-corrected chi connectivity index (χ0v) is 15.5. The van der Waals surface area contributed by atoms with Crippen molar-refractivity contribution < 1.29 is 4.79 Å². The van der Waals surface area contributed by atoms with E-state index in [0.29, 0.717) is 16.3 Å². The van der Waals surface area contributed by atoms with Crippen LogP contribution in [0.5, 0.6) is 0 Å². The SMILES string of the molecule is O=C(Nc1ccc(I)cc1Cl)c1cc(Br)cc(Br)c1. The number of nitrogens with one attached hydrogen (secondary N) is 1. The quantitative estimate of drug-likeness (QED) is 0.510. The highest BCUT2D eigenvalue weighted by atomic mass is 127. The minimum Gasteiger partial charge on any atom is -0.321 e. The molecule has 0 aliphatic heterocycles. The number of carbonyl (C=O) groups is 1. The van der Waals surface area contributed by atoms with Gasteiger partial charge in [0, 0.05) is 18.1 Å². The molecule has 98 valence electrons. The van der Waals surface area contributed by atoms with Crippen LogP contribution >= 0.6 is 66.1 Å². The summed E-state index contributed by atoms with van der Waals surface area (Å²) in [5.74, 6) is -0.204. The van der Waals surface area contributed by atoms with Crippen LogP contribution in [0.4, 0.5) is 5.69 Å². The highest BCUT2D eigenvalue weighted by Gasteiger charge is 2.10. The van der Waals surface area contributed by atoms with E-state index in [1.165, 1.54) is 0 Å². The molecule has 2 rings (SSSR count). The number of hydrogen-bond donors (Lipinski definition) is 1. The molecule has 0 aromatic heterocycles. The first kappa shape index (κ1) is 15.3. The van der Waals surface area contributed by atoms with Crippen molar-refractivity contribution >= 4 is 77.6 Å². The van der Waals surface area contributed by atoms with E-state index in [1.54, 1.807) is 24.3 Å². The van der Waals surface area contributed by atoms with Crippen LogP contribution in [0, 0.1) is 3.57 Å². The van der Waals surface area contributed by atoms with Crippen LogP contribution in [0.1, 0.15) is 10.4 Å². The standard InChI is InChI=1S/C13H7Br2ClINO/c14-8-3-7(4-9(15)5-8)13(19)18-12-2-1-10(17)6-11(12)16/h1-6H,(H,18,19). The van der Waals surface area contributed by atoms with E-state index in [2.05, 4.69) is 59.8 Å². The summed E-state index contributed by atoms with van der Waals surface area (Å²) in [4.78, 5) is 12.1. The number of amides is 1. The molecule has 6 heteroatoms. The topological polar surface area (TPSA) is 29.1 Å². The van der Waals surface area contributed by atoms with Crippen molar-refractivity contribution in [3.05, 3.63) is 59.5 Å². The second-order valence-corrected chi connectivity index (χ2v) is 7.22. The summed E-state index contributed by atoms with van der Waals surface area (Å²) in [5, 5.41) is 3.31. The van der Waals surface area contributed by atoms with Gasteiger partial charge >= 0.3 is 0 Å². The van der Waals surface area contributed by atoms with E-state index in [-0.39, 0.29) is 5.91 Å². The Labute approximate surface area is 146 Å². The molecule has 0 saturated carbocycles. The molecule has 0 aliphatic rings. The Balaban J connectivity index is 2.25. The molecule has 1 N–H and O–H groups in total. The summed E-state index contributed by atoms with van der Waals surface area (Å²) < 4.78 is 2.69. The van der Waals surface area contributed by atoms with E-state index in [1.807, 2.05) is 12.1 Å². The third-order valence-corrected chi connectivity index (χ3v) is 4.20. The van der Waals surface area contributed by atoms with E-state index in [4.69, 9.17) is 11.6 Å². The Morgan fingerprint density at radius 1 is 1.11 bits per heavy atom. The lowest BCUT2D eigenvalue weighted by Crippen LogP contribution is -2.12. The smallest absolute Gasteiger partial charge is 0.255 e. The average Bonchev–Trinajstić information content (AvgIpc) is 2.31. The molecule has 0 bridgehead atoms. The van der Waals surface area contributed by atoms with E-state index in [9.17, 15) is 4.79 Å². The van der Waals surface area contributed by atoms with Gasteiger partial charge in [-0.3, -0.25) is 4.79 Å². The first-order chi connectivity index (χ1) is 8.95. The number of hydrogen-bond acceptors (Lipinski definition) is 1. The molecule has 0 fully saturated rings. The van der Waals surface area contributed by atoms with E-state index >= 15 is 0 Å². The van der Waals surface area contributed by atoms with Crippen LogP contribution in [0.3, 0.4) is 0 Å². The summed E-state index contributed by atoms with van der Waals surface area (Å²) in [7, 11) is 0. The molecular weight excluding hydrogens is 508 g/mol. The minimum atomic E-state index is -0.204. The van der Waals surface area contributed by atoms with Gasteiger partial charge < -0.3 is 5.32 Å². The molecule has 0 radical (unpaired) electrons. The molecule has 2 aromatic carbocycles. The van der Waals surface area contributed by atoms with E-state index < -0.39 is 0 Å². The van der Waals surface area contributed by atoms with Crippen LogP contribution in [-0.2, 0) is 0 Å². The molecule has 0 spiro atoms. The summed E-state index contributed by atoms with van der Waals surface area (Å²) >= 11 is 15.0. The summed E-state index contributed by atoms with van der Waals surface area (Å²) in [6.45, 7) is 0. The Bertz CT molecular complexity index is 628. The van der Waals surface area contributed by atoms with Gasteiger partial charge in [-0.05, 0) is 59.0 Å². The van der Waals surface area contributed by atoms with Crippen molar-refractivity contribution in [1.29, 1.82) is 0 Å². The highest BCUT2D eigenvalue weighted by Crippen LogP contribution is 2.25. The maximum atomic E-state index is 12.1. The molecule has 2 nitrogen and oxygen atoms in total. The zero-order valence-electron chi connectivity index (χ0n) is 9.38. The number of rotatable bonds is 2. The van der Waals surface area contributed by atoms with Gasteiger partial charge in [-0.25, -0.2) is 0 Å². The fourth-order valence-electron chi connectivity index (χ4n) is 1.47. The number of carbonyl (C=O) groups excluding carboxylic acids is 1. The predicted molar refractivity (Wildman–Crippen MR) is 94.0 cm³/mol. The third kappa shape index (κ3) is 4.18. The Morgan fingerprint density at radius 3 is 2.32 bits per heavy atom. The Kier molecular flexibility index (Phi) is 5.28. The highest BCUT2D eigenvalue weighted by molar-refractivity contribution is 14.1. The largest absolute Gasteiger partial charge is 0.321 e. The first-order valence-corrected chi connectivity index (χ1v) is 8.22. The zero-order chi connectivity index (χ0) is 14.0. The lowest BCUT2D eigenvalue weighted by molar-refractivity contribution is 0.102. The maximum Gasteiger partial charge on any atom is 0.255 e. The predicted octanol–water partition coefficient (Wildman–Crippen LogP) is 5.72. The monoisotopic (exact) mass is 513 g/mol. The number of benzene rings is 2. The van der Waals surface area contributed by atoms with Crippen molar-refractivity contribution in [3.63, 3.8) is 0 Å². The number of anilines is 1. The summed E-state index contributed by atoms with van der Waals surface area (Å²) in [6, 6.07) is 10.8. The molecule has 0 heterocycles. The van der Waals surface area contributed by atoms with Gasteiger partial charge in [0.2, 0.25) is 0 Å². The molecule has 0 saturated heterocycles. The maximum absolute atomic E-state index is 12.1. The van der Waals surface area contributed by atoms with Gasteiger partial charge in [0.15, 0.2) is 0 Å². The van der Waals surface area contributed by atoms with Gasteiger partial charge in [-0.15, -0.1) is 0 Å². The van der Waals surface area contributed by atoms with Gasteiger partial charge in [0.25, 0.3) is 5.91 Å². The molecule has 0 aliphatic carbocycles. The summed E-state index contributed by atoms with van der Waals surface area (Å²) in [6.07, 6.45) is 0. The molecule has 0 atom stereocenters. The second kappa shape index (κ2) is 6.56. The van der Waals surface area contributed by atoms with Crippen molar-refractivity contribution in [3.8, 4) is 0 Å². The molecule has 1 amide bonds. The van der Waals surface area contributed by atoms with Crippen LogP contribution in [0.15, 0.2) is 45.3 Å². The van der Waals surface area contributed by atoms with Crippen LogP contribution in [-0.4, -0.2) is 5.91 Å². The second-order valence-electron chi connectivity index (χ2n) is 3.74. The summed E-state index contributed by atoms with van der Waals surface area (Å²) in [5.41, 5.74) is 1.15. The molecule has 0 unspecified atom stereocenters.